The van der Waals surface area contributed by atoms with Gasteiger partial charge in [-0.1, -0.05) is 0 Å². The number of benzene rings is 1. The van der Waals surface area contributed by atoms with Crippen molar-refractivity contribution in [3.8, 4) is 17.5 Å². The van der Waals surface area contributed by atoms with Gasteiger partial charge in [-0.2, -0.15) is 5.26 Å². The zero-order chi connectivity index (χ0) is 16.8. The van der Waals surface area contributed by atoms with Gasteiger partial charge in [-0.25, -0.2) is 4.39 Å². The minimum Gasteiger partial charge on any atom is -0.419 e. The Morgan fingerprint density at radius 1 is 1.29 bits per heavy atom. The maximum Gasteiger partial charge on any atom is 0.247 e. The number of ether oxygens (including phenoxy) is 1. The normalized spacial score (nSPS) is 17.3. The minimum absolute atomic E-state index is 0.306. The van der Waals surface area contributed by atoms with Crippen LogP contribution in [0.1, 0.15) is 18.7 Å². The summed E-state index contributed by atoms with van der Waals surface area (Å²) >= 11 is 0. The Kier molecular flexibility index (Phi) is 5.51. The molecule has 1 aliphatic rings. The van der Waals surface area contributed by atoms with Gasteiger partial charge in [0.25, 0.3) is 0 Å². The van der Waals surface area contributed by atoms with E-state index in [4.69, 9.17) is 14.4 Å². The molecule has 0 N–H and O–H groups in total. The molecule has 126 valence electrons. The third-order valence-corrected chi connectivity index (χ3v) is 4.00. The van der Waals surface area contributed by atoms with Gasteiger partial charge < -0.3 is 9.15 Å². The second kappa shape index (κ2) is 7.99. The molecule has 0 saturated carbocycles. The highest BCUT2D eigenvalue weighted by molar-refractivity contribution is 5.51. The fourth-order valence-corrected chi connectivity index (χ4v) is 2.75. The fourth-order valence-electron chi connectivity index (χ4n) is 2.75. The lowest BCUT2D eigenvalue weighted by molar-refractivity contribution is 0.161. The Bertz CT molecular complexity index is 689. The molecule has 1 saturated heterocycles. The molecule has 1 aromatic carbocycles. The van der Waals surface area contributed by atoms with Crippen LogP contribution in [0.15, 0.2) is 28.7 Å². The molecule has 0 bridgehead atoms. The van der Waals surface area contributed by atoms with E-state index in [1.807, 2.05) is 0 Å². The lowest BCUT2D eigenvalue weighted by atomic mass is 10.1. The molecule has 1 aromatic heterocycles. The summed E-state index contributed by atoms with van der Waals surface area (Å²) in [6.07, 6.45) is 1.49. The highest BCUT2D eigenvalue weighted by Crippen LogP contribution is 2.20. The standard InChI is InChI=1S/C17H19FN4O2/c18-15-4-2-14(3-5-15)17-21-20-16(24-17)11-22(8-1-7-19)10-13-6-9-23-12-13/h2-5,13H,1,6,8-12H2/t13-/m0/s1. The maximum atomic E-state index is 13.0. The van der Waals surface area contributed by atoms with Gasteiger partial charge in [0.1, 0.15) is 5.82 Å². The smallest absolute Gasteiger partial charge is 0.247 e. The van der Waals surface area contributed by atoms with Crippen LogP contribution in [0.2, 0.25) is 0 Å². The average molecular weight is 330 g/mol. The number of hydrogen-bond acceptors (Lipinski definition) is 6. The fraction of sp³-hybridized carbons (Fsp3) is 0.471. The Morgan fingerprint density at radius 3 is 2.83 bits per heavy atom. The highest BCUT2D eigenvalue weighted by Gasteiger charge is 2.21. The molecular weight excluding hydrogens is 311 g/mol. The van der Waals surface area contributed by atoms with E-state index < -0.39 is 0 Å². The lowest BCUT2D eigenvalue weighted by Gasteiger charge is -2.22. The van der Waals surface area contributed by atoms with Crippen molar-refractivity contribution in [3.05, 3.63) is 36.0 Å². The molecule has 0 aliphatic carbocycles. The minimum atomic E-state index is -0.306. The van der Waals surface area contributed by atoms with Crippen LogP contribution in [0.3, 0.4) is 0 Å². The van der Waals surface area contributed by atoms with Crippen LogP contribution in [0, 0.1) is 23.1 Å². The van der Waals surface area contributed by atoms with Gasteiger partial charge in [0.2, 0.25) is 11.8 Å². The van der Waals surface area contributed by atoms with Crippen LogP contribution >= 0.6 is 0 Å². The molecule has 0 unspecified atom stereocenters. The van der Waals surface area contributed by atoms with E-state index in [1.165, 1.54) is 12.1 Å². The van der Waals surface area contributed by atoms with Gasteiger partial charge >= 0.3 is 0 Å². The summed E-state index contributed by atoms with van der Waals surface area (Å²) in [6.45, 7) is 3.54. The topological polar surface area (TPSA) is 75.2 Å². The largest absolute Gasteiger partial charge is 0.419 e. The van der Waals surface area contributed by atoms with Crippen molar-refractivity contribution in [2.45, 2.75) is 19.4 Å². The van der Waals surface area contributed by atoms with Gasteiger partial charge in [-0.3, -0.25) is 4.90 Å². The second-order valence-electron chi connectivity index (χ2n) is 5.88. The molecule has 1 fully saturated rings. The molecule has 0 amide bonds. The molecule has 24 heavy (non-hydrogen) atoms. The van der Waals surface area contributed by atoms with Crippen LogP contribution < -0.4 is 0 Å². The maximum absolute atomic E-state index is 13.0. The van der Waals surface area contributed by atoms with Crippen LogP contribution in [-0.4, -0.2) is 41.4 Å². The summed E-state index contributed by atoms with van der Waals surface area (Å²) < 4.78 is 24.1. The molecular formula is C17H19FN4O2. The van der Waals surface area contributed by atoms with Crippen molar-refractivity contribution in [3.63, 3.8) is 0 Å². The van der Waals surface area contributed by atoms with Gasteiger partial charge in [0.05, 0.1) is 19.2 Å². The molecule has 0 spiro atoms. The number of halogens is 1. The van der Waals surface area contributed by atoms with Crippen molar-refractivity contribution < 1.29 is 13.5 Å². The van der Waals surface area contributed by atoms with E-state index in [0.717, 1.165) is 26.2 Å². The number of rotatable bonds is 7. The Hall–Kier alpha value is -2.30. The Morgan fingerprint density at radius 2 is 2.12 bits per heavy atom. The van der Waals surface area contributed by atoms with Gasteiger partial charge in [-0.05, 0) is 36.6 Å². The Balaban J connectivity index is 1.65. The molecule has 3 rings (SSSR count). The van der Waals surface area contributed by atoms with E-state index in [-0.39, 0.29) is 5.82 Å². The Labute approximate surface area is 139 Å². The summed E-state index contributed by atoms with van der Waals surface area (Å²) in [5, 5.41) is 16.9. The molecule has 7 heteroatoms. The first-order valence-corrected chi connectivity index (χ1v) is 8.00. The number of nitriles is 1. The van der Waals surface area contributed by atoms with Crippen molar-refractivity contribution in [2.24, 2.45) is 5.92 Å². The third-order valence-electron chi connectivity index (χ3n) is 4.00. The number of aromatic nitrogens is 2. The third kappa shape index (κ3) is 4.37. The summed E-state index contributed by atoms with van der Waals surface area (Å²) in [4.78, 5) is 2.14. The van der Waals surface area contributed by atoms with Gasteiger partial charge in [0, 0.05) is 31.7 Å². The quantitative estimate of drug-likeness (QED) is 0.777. The first kappa shape index (κ1) is 16.6. The predicted octanol–water partition coefficient (Wildman–Crippen LogP) is 2.63. The summed E-state index contributed by atoms with van der Waals surface area (Å²) in [5.74, 6) is 1.03. The van der Waals surface area contributed by atoms with E-state index in [0.29, 0.717) is 42.8 Å². The highest BCUT2D eigenvalue weighted by atomic mass is 19.1. The van der Waals surface area contributed by atoms with Crippen LogP contribution in [-0.2, 0) is 11.3 Å². The molecule has 0 radical (unpaired) electrons. The molecule has 1 atom stereocenters. The van der Waals surface area contributed by atoms with Crippen molar-refractivity contribution in [2.75, 3.05) is 26.3 Å². The summed E-state index contributed by atoms with van der Waals surface area (Å²) in [6, 6.07) is 8.10. The van der Waals surface area contributed by atoms with Gasteiger partial charge in [-0.15, -0.1) is 10.2 Å². The van der Waals surface area contributed by atoms with E-state index in [1.54, 1.807) is 12.1 Å². The zero-order valence-corrected chi connectivity index (χ0v) is 13.3. The zero-order valence-electron chi connectivity index (χ0n) is 13.3. The summed E-state index contributed by atoms with van der Waals surface area (Å²) in [7, 11) is 0. The van der Waals surface area contributed by atoms with E-state index in [2.05, 4.69) is 21.2 Å². The van der Waals surface area contributed by atoms with Crippen LogP contribution in [0.25, 0.3) is 11.5 Å². The van der Waals surface area contributed by atoms with Crippen molar-refractivity contribution in [1.82, 2.24) is 15.1 Å². The SMILES string of the molecule is N#CCCN(Cc1nnc(-c2ccc(F)cc2)o1)C[C@@H]1CCOC1. The number of nitrogens with zero attached hydrogens (tertiary/aromatic N) is 4. The van der Waals surface area contributed by atoms with Crippen molar-refractivity contribution >= 4 is 0 Å². The van der Waals surface area contributed by atoms with E-state index >= 15 is 0 Å². The molecule has 2 aromatic rings. The first-order valence-electron chi connectivity index (χ1n) is 8.00. The predicted molar refractivity (Wildman–Crippen MR) is 84.1 cm³/mol. The number of hydrogen-bond donors (Lipinski definition) is 0. The average Bonchev–Trinajstić information content (AvgIpc) is 3.25. The molecule has 2 heterocycles. The molecule has 1 aliphatic heterocycles. The summed E-state index contributed by atoms with van der Waals surface area (Å²) in [5.41, 5.74) is 0.683. The second-order valence-corrected chi connectivity index (χ2v) is 5.88. The van der Waals surface area contributed by atoms with Crippen LogP contribution in [0.5, 0.6) is 0 Å². The molecule has 6 nitrogen and oxygen atoms in total. The lowest BCUT2D eigenvalue weighted by Crippen LogP contribution is -2.30. The first-order chi connectivity index (χ1) is 11.7. The monoisotopic (exact) mass is 330 g/mol. The van der Waals surface area contributed by atoms with E-state index in [9.17, 15) is 4.39 Å². The van der Waals surface area contributed by atoms with Crippen molar-refractivity contribution in [1.29, 1.82) is 5.26 Å². The van der Waals surface area contributed by atoms with Crippen LogP contribution in [0.4, 0.5) is 4.39 Å². The van der Waals surface area contributed by atoms with Gasteiger partial charge in [0.15, 0.2) is 0 Å².